The van der Waals surface area contributed by atoms with E-state index in [0.29, 0.717) is 26.1 Å². The summed E-state index contributed by atoms with van der Waals surface area (Å²) >= 11 is 1.62. The summed E-state index contributed by atoms with van der Waals surface area (Å²) in [7, 11) is 0. The summed E-state index contributed by atoms with van der Waals surface area (Å²) in [6.45, 7) is 3.47. The van der Waals surface area contributed by atoms with Crippen molar-refractivity contribution in [3.8, 4) is 0 Å². The Morgan fingerprint density at radius 3 is 3.00 bits per heavy atom. The molecule has 2 amide bonds. The fraction of sp³-hybridized carbons (Fsp3) is 0.538. The van der Waals surface area contributed by atoms with Crippen LogP contribution < -0.4 is 5.32 Å². The van der Waals surface area contributed by atoms with Crippen molar-refractivity contribution >= 4 is 23.3 Å². The predicted molar refractivity (Wildman–Crippen MR) is 73.2 cm³/mol. The van der Waals surface area contributed by atoms with E-state index in [1.165, 1.54) is 5.56 Å². The Bertz CT molecular complexity index is 472. The van der Waals surface area contributed by atoms with E-state index in [-0.39, 0.29) is 6.03 Å². The van der Waals surface area contributed by atoms with Crippen LogP contribution in [0.2, 0.25) is 0 Å². The van der Waals surface area contributed by atoms with Crippen molar-refractivity contribution in [2.24, 2.45) is 5.92 Å². The molecule has 5 nitrogen and oxygen atoms in total. The third-order valence-corrected chi connectivity index (χ3v) is 4.45. The molecule has 1 saturated heterocycles. The average Bonchev–Trinajstić information content (AvgIpc) is 2.81. The van der Waals surface area contributed by atoms with Gasteiger partial charge in [0.05, 0.1) is 12.5 Å². The van der Waals surface area contributed by atoms with Gasteiger partial charge in [-0.05, 0) is 36.8 Å². The molecule has 2 heterocycles. The lowest BCUT2D eigenvalue weighted by Gasteiger charge is -2.30. The zero-order valence-electron chi connectivity index (χ0n) is 10.9. The minimum Gasteiger partial charge on any atom is -0.481 e. The Hall–Kier alpha value is -1.56. The number of amides is 2. The van der Waals surface area contributed by atoms with Crippen molar-refractivity contribution in [3.05, 3.63) is 21.9 Å². The lowest BCUT2D eigenvalue weighted by molar-refractivity contribution is -0.143. The van der Waals surface area contributed by atoms with E-state index < -0.39 is 11.9 Å². The smallest absolute Gasteiger partial charge is 0.317 e. The summed E-state index contributed by atoms with van der Waals surface area (Å²) in [4.78, 5) is 25.7. The summed E-state index contributed by atoms with van der Waals surface area (Å²) in [6.07, 6.45) is 1.41. The van der Waals surface area contributed by atoms with Crippen LogP contribution in [-0.2, 0) is 11.3 Å². The van der Waals surface area contributed by atoms with E-state index in [1.54, 1.807) is 16.2 Å². The molecule has 1 aromatic rings. The number of rotatable bonds is 3. The summed E-state index contributed by atoms with van der Waals surface area (Å²) in [5.74, 6) is -1.24. The third kappa shape index (κ3) is 3.47. The molecule has 1 fully saturated rings. The summed E-state index contributed by atoms with van der Waals surface area (Å²) in [5, 5.41) is 13.9. The van der Waals surface area contributed by atoms with Crippen LogP contribution in [0.5, 0.6) is 0 Å². The highest BCUT2D eigenvalue weighted by Crippen LogP contribution is 2.18. The van der Waals surface area contributed by atoms with Crippen molar-refractivity contribution in [1.82, 2.24) is 10.2 Å². The number of hydrogen-bond donors (Lipinski definition) is 2. The lowest BCUT2D eigenvalue weighted by atomic mass is 9.99. The summed E-state index contributed by atoms with van der Waals surface area (Å²) in [6, 6.07) is 1.85. The van der Waals surface area contributed by atoms with Gasteiger partial charge in [0.2, 0.25) is 0 Å². The largest absolute Gasteiger partial charge is 0.481 e. The van der Waals surface area contributed by atoms with E-state index in [9.17, 15) is 9.59 Å². The first kappa shape index (κ1) is 13.9. The first-order chi connectivity index (χ1) is 9.08. The fourth-order valence-corrected chi connectivity index (χ4v) is 3.06. The number of nitrogens with one attached hydrogen (secondary N) is 1. The van der Waals surface area contributed by atoms with Crippen molar-refractivity contribution < 1.29 is 14.7 Å². The van der Waals surface area contributed by atoms with E-state index in [4.69, 9.17) is 5.11 Å². The highest BCUT2D eigenvalue weighted by Gasteiger charge is 2.27. The number of likely N-dealkylation sites (tertiary alicyclic amines) is 1. The topological polar surface area (TPSA) is 69.6 Å². The van der Waals surface area contributed by atoms with Crippen molar-refractivity contribution in [2.45, 2.75) is 26.3 Å². The van der Waals surface area contributed by atoms with Crippen LogP contribution in [-0.4, -0.2) is 35.1 Å². The summed E-state index contributed by atoms with van der Waals surface area (Å²) < 4.78 is 0. The van der Waals surface area contributed by atoms with Crippen LogP contribution in [0, 0.1) is 12.8 Å². The van der Waals surface area contributed by atoms with Crippen LogP contribution in [0.3, 0.4) is 0 Å². The highest BCUT2D eigenvalue weighted by atomic mass is 32.1. The molecule has 1 atom stereocenters. The number of carbonyl (C=O) groups is 2. The zero-order valence-corrected chi connectivity index (χ0v) is 11.7. The first-order valence-electron chi connectivity index (χ1n) is 6.36. The maximum atomic E-state index is 12.0. The van der Waals surface area contributed by atoms with Crippen LogP contribution in [0.4, 0.5) is 4.79 Å². The van der Waals surface area contributed by atoms with E-state index in [0.717, 1.165) is 11.3 Å². The quantitative estimate of drug-likeness (QED) is 0.891. The van der Waals surface area contributed by atoms with Crippen molar-refractivity contribution in [1.29, 1.82) is 0 Å². The molecule has 0 saturated carbocycles. The number of aryl methyl sites for hydroxylation is 1. The van der Waals surface area contributed by atoms with Crippen molar-refractivity contribution in [3.63, 3.8) is 0 Å². The number of aliphatic carboxylic acids is 1. The second-order valence-electron chi connectivity index (χ2n) is 4.81. The second kappa shape index (κ2) is 6.06. The van der Waals surface area contributed by atoms with Gasteiger partial charge in [0, 0.05) is 18.0 Å². The van der Waals surface area contributed by atoms with Crippen LogP contribution >= 0.6 is 11.3 Å². The van der Waals surface area contributed by atoms with Gasteiger partial charge in [0.15, 0.2) is 0 Å². The Balaban J connectivity index is 1.86. The number of nitrogens with zero attached hydrogens (tertiary/aromatic N) is 1. The minimum absolute atomic E-state index is 0.168. The van der Waals surface area contributed by atoms with E-state index in [2.05, 4.69) is 5.32 Å². The number of carbonyl (C=O) groups excluding carboxylic acids is 1. The number of piperidine rings is 1. The number of urea groups is 1. The minimum atomic E-state index is -0.813. The van der Waals surface area contributed by atoms with Gasteiger partial charge in [-0.1, -0.05) is 0 Å². The predicted octanol–water partition coefficient (Wildman–Crippen LogP) is 2.06. The van der Waals surface area contributed by atoms with Crippen LogP contribution in [0.1, 0.15) is 23.3 Å². The molecular formula is C13H18N2O3S. The Kier molecular flexibility index (Phi) is 4.42. The van der Waals surface area contributed by atoms with E-state index in [1.807, 2.05) is 18.4 Å². The van der Waals surface area contributed by atoms with Gasteiger partial charge < -0.3 is 15.3 Å². The molecule has 6 heteroatoms. The lowest BCUT2D eigenvalue weighted by Crippen LogP contribution is -2.46. The average molecular weight is 282 g/mol. The molecule has 0 bridgehead atoms. The molecule has 0 aliphatic carbocycles. The van der Waals surface area contributed by atoms with Gasteiger partial charge >= 0.3 is 12.0 Å². The molecule has 2 N–H and O–H groups in total. The maximum Gasteiger partial charge on any atom is 0.317 e. The number of hydrogen-bond acceptors (Lipinski definition) is 3. The molecule has 104 valence electrons. The maximum absolute atomic E-state index is 12.0. The fourth-order valence-electron chi connectivity index (χ4n) is 2.22. The monoisotopic (exact) mass is 282 g/mol. The van der Waals surface area contributed by atoms with Crippen LogP contribution in [0.25, 0.3) is 0 Å². The van der Waals surface area contributed by atoms with Gasteiger partial charge in [-0.25, -0.2) is 4.79 Å². The Morgan fingerprint density at radius 1 is 1.58 bits per heavy atom. The zero-order chi connectivity index (χ0) is 13.8. The number of carboxylic acids is 1. The van der Waals surface area contributed by atoms with Gasteiger partial charge in [-0.3, -0.25) is 4.79 Å². The standard InChI is InChI=1S/C13H18N2O3S/c1-9-4-6-19-11(9)7-14-13(18)15-5-2-3-10(8-15)12(16)17/h4,6,10H,2-3,5,7-8H2,1H3,(H,14,18)(H,16,17). The summed E-state index contributed by atoms with van der Waals surface area (Å²) in [5.41, 5.74) is 1.17. The molecule has 0 spiro atoms. The number of carboxylic acid groups (broad SMARTS) is 1. The second-order valence-corrected chi connectivity index (χ2v) is 5.81. The third-order valence-electron chi connectivity index (χ3n) is 3.43. The molecule has 2 rings (SSSR count). The normalized spacial score (nSPS) is 19.2. The molecule has 1 aliphatic rings. The highest BCUT2D eigenvalue weighted by molar-refractivity contribution is 7.10. The SMILES string of the molecule is Cc1ccsc1CNC(=O)N1CCCC(C(=O)O)C1. The van der Waals surface area contributed by atoms with Crippen molar-refractivity contribution in [2.75, 3.05) is 13.1 Å². The molecule has 19 heavy (non-hydrogen) atoms. The van der Waals surface area contributed by atoms with Gasteiger partial charge in [-0.2, -0.15) is 0 Å². The number of thiophene rings is 1. The van der Waals surface area contributed by atoms with Gasteiger partial charge in [0.25, 0.3) is 0 Å². The molecule has 0 aromatic carbocycles. The van der Waals surface area contributed by atoms with Gasteiger partial charge in [-0.15, -0.1) is 11.3 Å². The molecule has 1 unspecified atom stereocenters. The molecule has 1 aromatic heterocycles. The molecule has 0 radical (unpaired) electrons. The van der Waals surface area contributed by atoms with E-state index >= 15 is 0 Å². The first-order valence-corrected chi connectivity index (χ1v) is 7.24. The van der Waals surface area contributed by atoms with Crippen LogP contribution in [0.15, 0.2) is 11.4 Å². The molecule has 1 aliphatic heterocycles. The Morgan fingerprint density at radius 2 is 2.37 bits per heavy atom. The van der Waals surface area contributed by atoms with Gasteiger partial charge in [0.1, 0.15) is 0 Å². The Labute approximate surface area is 116 Å². The molecular weight excluding hydrogens is 264 g/mol.